The van der Waals surface area contributed by atoms with Gasteiger partial charge in [0.1, 0.15) is 30.4 Å². The predicted octanol–water partition coefficient (Wildman–Crippen LogP) is -1.02. The Morgan fingerprint density at radius 1 is 1.04 bits per heavy atom. The molecule has 1 aromatic rings. The minimum atomic E-state index is -1.26. The van der Waals surface area contributed by atoms with Crippen LogP contribution in [0.1, 0.15) is 0 Å². The number of hydrogen-bond acceptors (Lipinski definition) is 7. The Bertz CT molecular complexity index is 488. The van der Waals surface area contributed by atoms with Crippen LogP contribution in [0.2, 0.25) is 0 Å². The van der Waals surface area contributed by atoms with Crippen LogP contribution in [0, 0.1) is 5.82 Å². The maximum absolute atomic E-state index is 12.7. The molecule has 0 radical (unpaired) electrons. The lowest BCUT2D eigenvalue weighted by Gasteiger charge is -2.43. The van der Waals surface area contributed by atoms with Gasteiger partial charge in [0.15, 0.2) is 0 Å². The Morgan fingerprint density at radius 3 is 2.42 bits per heavy atom. The van der Waals surface area contributed by atoms with Crippen LogP contribution < -0.4 is 4.74 Å². The van der Waals surface area contributed by atoms with Crippen LogP contribution in [0.3, 0.4) is 0 Å². The van der Waals surface area contributed by atoms with E-state index in [0.29, 0.717) is 32.1 Å². The molecule has 8 heteroatoms. The fourth-order valence-corrected chi connectivity index (χ4v) is 2.67. The van der Waals surface area contributed by atoms with Crippen LogP contribution >= 0.6 is 0 Å². The van der Waals surface area contributed by atoms with Crippen LogP contribution in [0.15, 0.2) is 24.3 Å². The molecule has 24 heavy (non-hydrogen) atoms. The van der Waals surface area contributed by atoms with Gasteiger partial charge in [0, 0.05) is 13.1 Å². The summed E-state index contributed by atoms with van der Waals surface area (Å²) in [6.45, 7) is 1.17. The quantitative estimate of drug-likeness (QED) is 0.447. The van der Waals surface area contributed by atoms with Crippen molar-refractivity contribution in [3.63, 3.8) is 0 Å². The van der Waals surface area contributed by atoms with Gasteiger partial charge in [-0.25, -0.2) is 4.39 Å². The van der Waals surface area contributed by atoms with E-state index in [-0.39, 0.29) is 19.0 Å². The molecule has 0 amide bonds. The normalized spacial score (nSPS) is 28.0. The largest absolute Gasteiger partial charge is 0.491 e. The molecule has 2 rings (SSSR count). The summed E-state index contributed by atoms with van der Waals surface area (Å²) in [7, 11) is 0. The van der Waals surface area contributed by atoms with Gasteiger partial charge in [0.2, 0.25) is 0 Å². The van der Waals surface area contributed by atoms with Crippen molar-refractivity contribution in [3.05, 3.63) is 30.1 Å². The Kier molecular flexibility index (Phi) is 7.35. The lowest BCUT2D eigenvalue weighted by molar-refractivity contribution is -0.147. The van der Waals surface area contributed by atoms with E-state index in [1.54, 1.807) is 4.90 Å². The van der Waals surface area contributed by atoms with Crippen molar-refractivity contribution in [2.75, 3.05) is 39.5 Å². The molecule has 7 nitrogen and oxygen atoms in total. The van der Waals surface area contributed by atoms with Crippen LogP contribution in [0.25, 0.3) is 0 Å². The minimum Gasteiger partial charge on any atom is -0.491 e. The van der Waals surface area contributed by atoms with Crippen molar-refractivity contribution in [1.29, 1.82) is 0 Å². The van der Waals surface area contributed by atoms with Crippen LogP contribution in [-0.4, -0.2) is 89.2 Å². The second-order valence-corrected chi connectivity index (χ2v) is 5.71. The first-order valence-corrected chi connectivity index (χ1v) is 7.88. The van der Waals surface area contributed by atoms with Gasteiger partial charge in [-0.2, -0.15) is 0 Å². The lowest BCUT2D eigenvalue weighted by Crippen LogP contribution is -2.62. The molecule has 1 aliphatic rings. The number of aliphatic hydroxyl groups excluding tert-OH is 4. The van der Waals surface area contributed by atoms with E-state index in [4.69, 9.17) is 9.47 Å². The topological polar surface area (TPSA) is 103 Å². The Balaban J connectivity index is 1.65. The number of ether oxygens (including phenoxy) is 2. The van der Waals surface area contributed by atoms with E-state index < -0.39 is 24.4 Å². The van der Waals surface area contributed by atoms with Crippen molar-refractivity contribution in [3.8, 4) is 5.75 Å². The maximum atomic E-state index is 12.7. The summed E-state index contributed by atoms with van der Waals surface area (Å²) in [6, 6.07) is 5.05. The van der Waals surface area contributed by atoms with E-state index in [1.165, 1.54) is 24.3 Å². The molecule has 136 valence electrons. The highest BCUT2D eigenvalue weighted by Crippen LogP contribution is 2.18. The van der Waals surface area contributed by atoms with Crippen molar-refractivity contribution < 1.29 is 34.3 Å². The SMILES string of the molecule is OCC1C(O)C(O)C(O)CN1CCOCCOc1ccc(F)cc1. The summed E-state index contributed by atoms with van der Waals surface area (Å²) in [5.41, 5.74) is 0. The molecule has 0 aromatic heterocycles. The summed E-state index contributed by atoms with van der Waals surface area (Å²) in [5.74, 6) is 0.227. The maximum Gasteiger partial charge on any atom is 0.123 e. The van der Waals surface area contributed by atoms with Crippen molar-refractivity contribution >= 4 is 0 Å². The lowest BCUT2D eigenvalue weighted by atomic mass is 9.94. The number of rotatable bonds is 8. The molecule has 0 saturated carbocycles. The molecule has 1 saturated heterocycles. The monoisotopic (exact) mass is 345 g/mol. The molecular weight excluding hydrogens is 321 g/mol. The summed E-state index contributed by atoms with van der Waals surface area (Å²) >= 11 is 0. The van der Waals surface area contributed by atoms with Gasteiger partial charge in [-0.15, -0.1) is 0 Å². The van der Waals surface area contributed by atoms with Gasteiger partial charge >= 0.3 is 0 Å². The number of likely N-dealkylation sites (tertiary alicyclic amines) is 1. The van der Waals surface area contributed by atoms with Gasteiger partial charge in [0.25, 0.3) is 0 Å². The zero-order chi connectivity index (χ0) is 17.5. The van der Waals surface area contributed by atoms with Crippen molar-refractivity contribution in [2.24, 2.45) is 0 Å². The molecule has 4 atom stereocenters. The van der Waals surface area contributed by atoms with E-state index in [0.717, 1.165) is 0 Å². The Labute approximate surface area is 139 Å². The fourth-order valence-electron chi connectivity index (χ4n) is 2.67. The first-order chi connectivity index (χ1) is 11.5. The molecule has 0 spiro atoms. The predicted molar refractivity (Wildman–Crippen MR) is 83.2 cm³/mol. The standard InChI is InChI=1S/C16H24FNO6/c17-11-1-3-12(4-2-11)24-8-7-23-6-5-18-9-14(20)16(22)15(21)13(18)10-19/h1-4,13-16,19-22H,5-10H2. The summed E-state index contributed by atoms with van der Waals surface area (Å²) < 4.78 is 23.5. The smallest absolute Gasteiger partial charge is 0.123 e. The third kappa shape index (κ3) is 5.10. The van der Waals surface area contributed by atoms with E-state index in [2.05, 4.69) is 0 Å². The third-order valence-corrected chi connectivity index (χ3v) is 4.05. The molecule has 0 bridgehead atoms. The summed E-state index contributed by atoms with van der Waals surface area (Å²) in [5, 5.41) is 38.5. The van der Waals surface area contributed by atoms with Gasteiger partial charge in [-0.1, -0.05) is 0 Å². The van der Waals surface area contributed by atoms with Gasteiger partial charge in [-0.3, -0.25) is 4.90 Å². The van der Waals surface area contributed by atoms with E-state index >= 15 is 0 Å². The second kappa shape index (κ2) is 9.26. The zero-order valence-corrected chi connectivity index (χ0v) is 13.3. The Morgan fingerprint density at radius 2 is 1.75 bits per heavy atom. The fraction of sp³-hybridized carbons (Fsp3) is 0.625. The summed E-state index contributed by atoms with van der Waals surface area (Å²) in [6.07, 6.45) is -3.53. The van der Waals surface area contributed by atoms with E-state index in [1.807, 2.05) is 0 Å². The highest BCUT2D eigenvalue weighted by atomic mass is 19.1. The number of piperidine rings is 1. The average Bonchev–Trinajstić information content (AvgIpc) is 2.57. The Hall–Kier alpha value is -1.29. The highest BCUT2D eigenvalue weighted by Gasteiger charge is 2.40. The first kappa shape index (κ1) is 19.0. The van der Waals surface area contributed by atoms with Crippen LogP contribution in [0.5, 0.6) is 5.75 Å². The van der Waals surface area contributed by atoms with Gasteiger partial charge in [-0.05, 0) is 24.3 Å². The van der Waals surface area contributed by atoms with Crippen LogP contribution in [-0.2, 0) is 4.74 Å². The average molecular weight is 345 g/mol. The third-order valence-electron chi connectivity index (χ3n) is 4.05. The zero-order valence-electron chi connectivity index (χ0n) is 13.3. The number of hydrogen-bond donors (Lipinski definition) is 4. The van der Waals surface area contributed by atoms with Gasteiger partial charge < -0.3 is 29.9 Å². The van der Waals surface area contributed by atoms with E-state index in [9.17, 15) is 24.8 Å². The molecule has 1 heterocycles. The van der Waals surface area contributed by atoms with Crippen LogP contribution in [0.4, 0.5) is 4.39 Å². The number of benzene rings is 1. The molecule has 0 aliphatic carbocycles. The number of β-amino-alcohol motifs (C(OH)–C–C–N with tert-alkyl or cyclic N) is 1. The highest BCUT2D eigenvalue weighted by molar-refractivity contribution is 5.21. The molecule has 4 unspecified atom stereocenters. The molecule has 1 aliphatic heterocycles. The molecule has 1 aromatic carbocycles. The minimum absolute atomic E-state index is 0.152. The first-order valence-electron chi connectivity index (χ1n) is 7.88. The van der Waals surface area contributed by atoms with Gasteiger partial charge in [0.05, 0.1) is 32.0 Å². The van der Waals surface area contributed by atoms with Crippen molar-refractivity contribution in [1.82, 2.24) is 4.90 Å². The molecule has 1 fully saturated rings. The second-order valence-electron chi connectivity index (χ2n) is 5.71. The number of aliphatic hydroxyl groups is 4. The number of halogens is 1. The molecular formula is C16H24FNO6. The van der Waals surface area contributed by atoms with Crippen molar-refractivity contribution in [2.45, 2.75) is 24.4 Å². The molecule has 4 N–H and O–H groups in total. The summed E-state index contributed by atoms with van der Waals surface area (Å²) in [4.78, 5) is 1.68. The number of nitrogens with zero attached hydrogens (tertiary/aromatic N) is 1.